The summed E-state index contributed by atoms with van der Waals surface area (Å²) in [7, 11) is 1.54. The third kappa shape index (κ3) is 3.32. The molecular weight excluding hydrogens is 422 g/mol. The van der Waals surface area contributed by atoms with Gasteiger partial charge in [-0.2, -0.15) is 0 Å². The Morgan fingerprint density at radius 1 is 0.909 bits per heavy atom. The van der Waals surface area contributed by atoms with Crippen molar-refractivity contribution in [2.45, 2.75) is 6.42 Å². The molecule has 2 aliphatic heterocycles. The number of hydrogen-bond donors (Lipinski definition) is 0. The lowest BCUT2D eigenvalue weighted by atomic mass is 10.0. The fourth-order valence-corrected chi connectivity index (χ4v) is 4.31. The lowest BCUT2D eigenvalue weighted by molar-refractivity contribution is -0.384. The molecule has 33 heavy (non-hydrogen) atoms. The molecule has 0 aromatic heterocycles. The van der Waals surface area contributed by atoms with Crippen molar-refractivity contribution in [3.8, 4) is 5.75 Å². The molecule has 0 N–H and O–H groups in total. The Hall–Kier alpha value is -4.46. The normalized spacial score (nSPS) is 15.3. The van der Waals surface area contributed by atoms with Crippen LogP contribution in [0.4, 0.5) is 17.1 Å². The van der Waals surface area contributed by atoms with Gasteiger partial charge in [-0.3, -0.25) is 19.7 Å². The van der Waals surface area contributed by atoms with Crippen molar-refractivity contribution in [2.24, 2.45) is 0 Å². The minimum Gasteiger partial charge on any atom is -0.497 e. The van der Waals surface area contributed by atoms with Crippen LogP contribution in [0.2, 0.25) is 0 Å². The molecule has 2 heterocycles. The molecule has 0 unspecified atom stereocenters. The van der Waals surface area contributed by atoms with Crippen molar-refractivity contribution >= 4 is 34.4 Å². The smallest absolute Gasteiger partial charge is 0.282 e. The van der Waals surface area contributed by atoms with Gasteiger partial charge in [-0.25, -0.2) is 4.90 Å². The van der Waals surface area contributed by atoms with E-state index in [4.69, 9.17) is 4.74 Å². The monoisotopic (exact) mass is 441 g/mol. The maximum Gasteiger partial charge on any atom is 0.282 e. The summed E-state index contributed by atoms with van der Waals surface area (Å²) in [6.45, 7) is 0.556. The number of fused-ring (bicyclic) bond motifs is 1. The van der Waals surface area contributed by atoms with E-state index in [0.29, 0.717) is 23.5 Å². The fourth-order valence-electron chi connectivity index (χ4n) is 4.31. The summed E-state index contributed by atoms with van der Waals surface area (Å²) in [6, 6.07) is 20.2. The van der Waals surface area contributed by atoms with Crippen LogP contribution in [-0.2, 0) is 16.0 Å². The summed E-state index contributed by atoms with van der Waals surface area (Å²) >= 11 is 0. The predicted octanol–water partition coefficient (Wildman–Crippen LogP) is 3.95. The minimum atomic E-state index is -0.499. The van der Waals surface area contributed by atoms with Crippen LogP contribution in [0.5, 0.6) is 5.75 Å². The van der Waals surface area contributed by atoms with Gasteiger partial charge in [0.1, 0.15) is 11.4 Å². The number of imide groups is 1. The van der Waals surface area contributed by atoms with Crippen molar-refractivity contribution in [1.82, 2.24) is 0 Å². The van der Waals surface area contributed by atoms with E-state index >= 15 is 0 Å². The highest BCUT2D eigenvalue weighted by Crippen LogP contribution is 2.40. The first-order valence-corrected chi connectivity index (χ1v) is 10.4. The number of nitro groups is 1. The highest BCUT2D eigenvalue weighted by Gasteiger charge is 2.44. The molecule has 0 spiro atoms. The second-order valence-electron chi connectivity index (χ2n) is 7.70. The maximum atomic E-state index is 13.7. The Morgan fingerprint density at radius 3 is 2.27 bits per heavy atom. The van der Waals surface area contributed by atoms with Crippen molar-refractivity contribution in [3.63, 3.8) is 0 Å². The van der Waals surface area contributed by atoms with Gasteiger partial charge in [0, 0.05) is 24.4 Å². The average Bonchev–Trinajstić information content (AvgIpc) is 3.37. The summed E-state index contributed by atoms with van der Waals surface area (Å²) in [5.41, 5.74) is 3.26. The number of rotatable bonds is 5. The van der Waals surface area contributed by atoms with Gasteiger partial charge in [0.2, 0.25) is 0 Å². The summed E-state index contributed by atoms with van der Waals surface area (Å²) in [5.74, 6) is -0.302. The van der Waals surface area contributed by atoms with Crippen LogP contribution in [-0.4, -0.2) is 30.4 Å². The molecule has 0 saturated carbocycles. The van der Waals surface area contributed by atoms with E-state index < -0.39 is 16.7 Å². The molecule has 5 rings (SSSR count). The lowest BCUT2D eigenvalue weighted by Crippen LogP contribution is -2.34. The van der Waals surface area contributed by atoms with Crippen LogP contribution < -0.4 is 14.5 Å². The van der Waals surface area contributed by atoms with E-state index in [1.54, 1.807) is 31.4 Å². The Balaban J connectivity index is 1.65. The minimum absolute atomic E-state index is 0.0869. The molecule has 0 bridgehead atoms. The number of methoxy groups -OCH3 is 1. The third-order valence-corrected chi connectivity index (χ3v) is 5.91. The number of nitrogens with zero attached hydrogens (tertiary/aromatic N) is 3. The summed E-state index contributed by atoms with van der Waals surface area (Å²) in [4.78, 5) is 40.9. The summed E-state index contributed by atoms with van der Waals surface area (Å²) in [5, 5.41) is 11.1. The zero-order chi connectivity index (χ0) is 23.1. The van der Waals surface area contributed by atoms with Crippen LogP contribution in [0.1, 0.15) is 11.1 Å². The Morgan fingerprint density at radius 2 is 1.61 bits per heavy atom. The van der Waals surface area contributed by atoms with Crippen molar-refractivity contribution < 1.29 is 19.2 Å². The summed E-state index contributed by atoms with van der Waals surface area (Å²) in [6.07, 6.45) is 0.747. The fraction of sp³-hybridized carbons (Fsp3) is 0.120. The largest absolute Gasteiger partial charge is 0.497 e. The highest BCUT2D eigenvalue weighted by atomic mass is 16.6. The zero-order valence-electron chi connectivity index (χ0n) is 17.7. The third-order valence-electron chi connectivity index (χ3n) is 5.91. The Labute approximate surface area is 189 Å². The number of anilines is 2. The van der Waals surface area contributed by atoms with E-state index in [1.165, 1.54) is 24.3 Å². The van der Waals surface area contributed by atoms with E-state index in [1.807, 2.05) is 29.2 Å². The topological polar surface area (TPSA) is 93.0 Å². The van der Waals surface area contributed by atoms with Gasteiger partial charge in [-0.15, -0.1) is 0 Å². The quantitative estimate of drug-likeness (QED) is 0.338. The molecule has 3 aromatic rings. The predicted molar refractivity (Wildman–Crippen MR) is 123 cm³/mol. The second kappa shape index (κ2) is 7.90. The van der Waals surface area contributed by atoms with Gasteiger partial charge < -0.3 is 9.64 Å². The molecule has 0 fully saturated rings. The molecule has 8 heteroatoms. The first-order valence-electron chi connectivity index (χ1n) is 10.4. The van der Waals surface area contributed by atoms with E-state index in [-0.39, 0.29) is 17.0 Å². The lowest BCUT2D eigenvalue weighted by Gasteiger charge is -2.22. The van der Waals surface area contributed by atoms with Crippen LogP contribution >= 0.6 is 0 Å². The van der Waals surface area contributed by atoms with Gasteiger partial charge in [0.25, 0.3) is 17.5 Å². The molecule has 2 aliphatic rings. The van der Waals surface area contributed by atoms with Crippen LogP contribution in [0, 0.1) is 10.1 Å². The van der Waals surface area contributed by atoms with Crippen molar-refractivity contribution in [2.75, 3.05) is 23.5 Å². The number of hydrogen-bond acceptors (Lipinski definition) is 6. The van der Waals surface area contributed by atoms with E-state index in [9.17, 15) is 19.7 Å². The van der Waals surface area contributed by atoms with Crippen LogP contribution in [0.25, 0.3) is 5.57 Å². The molecule has 164 valence electrons. The molecule has 8 nitrogen and oxygen atoms in total. The second-order valence-corrected chi connectivity index (χ2v) is 7.70. The first-order chi connectivity index (χ1) is 16.0. The van der Waals surface area contributed by atoms with Gasteiger partial charge in [-0.1, -0.05) is 18.2 Å². The Kier molecular flexibility index (Phi) is 4.90. The van der Waals surface area contributed by atoms with Gasteiger partial charge >= 0.3 is 0 Å². The maximum absolute atomic E-state index is 13.7. The van der Waals surface area contributed by atoms with Crippen molar-refractivity contribution in [1.29, 1.82) is 0 Å². The SMILES string of the molecule is COc1ccc(N2C(=O)C(c3ccc([N+](=O)[O-])cc3)=C(N3CCc4ccccc43)C2=O)cc1. The number of nitro benzene ring substituents is 1. The molecule has 0 saturated heterocycles. The number of ether oxygens (including phenoxy) is 1. The van der Waals surface area contributed by atoms with Crippen LogP contribution in [0.3, 0.4) is 0 Å². The summed E-state index contributed by atoms with van der Waals surface area (Å²) < 4.78 is 5.19. The van der Waals surface area contributed by atoms with E-state index in [2.05, 4.69) is 0 Å². The van der Waals surface area contributed by atoms with Gasteiger partial charge in [0.15, 0.2) is 0 Å². The number of amides is 2. The van der Waals surface area contributed by atoms with Gasteiger partial charge in [0.05, 0.1) is 23.3 Å². The number of carbonyl (C=O) groups is 2. The molecule has 0 atom stereocenters. The number of benzene rings is 3. The highest BCUT2D eigenvalue weighted by molar-refractivity contribution is 6.46. The first kappa shape index (κ1) is 20.4. The molecule has 0 radical (unpaired) electrons. The standard InChI is InChI=1S/C25H19N3O5/c1-33-20-12-10-18(11-13-20)27-24(29)22(17-6-8-19(9-7-17)28(31)32)23(25(27)30)26-15-14-16-4-2-3-5-21(16)26/h2-13H,14-15H2,1H3. The molecule has 2 amide bonds. The Bertz CT molecular complexity index is 1310. The number of carbonyl (C=O) groups excluding carboxylic acids is 2. The van der Waals surface area contributed by atoms with Crippen LogP contribution in [0.15, 0.2) is 78.5 Å². The average molecular weight is 441 g/mol. The molecule has 0 aliphatic carbocycles. The zero-order valence-corrected chi connectivity index (χ0v) is 17.7. The number of para-hydroxylation sites is 1. The van der Waals surface area contributed by atoms with Gasteiger partial charge in [-0.05, 0) is 60.0 Å². The van der Waals surface area contributed by atoms with Crippen molar-refractivity contribution in [3.05, 3.63) is 99.7 Å². The molecule has 3 aromatic carbocycles. The van der Waals surface area contributed by atoms with E-state index in [0.717, 1.165) is 22.6 Å². The number of non-ortho nitro benzene ring substituents is 1. The molecular formula is C25H19N3O5.